The summed E-state index contributed by atoms with van der Waals surface area (Å²) in [7, 11) is 0. The van der Waals surface area contributed by atoms with Crippen molar-refractivity contribution in [2.75, 3.05) is 24.7 Å². The van der Waals surface area contributed by atoms with E-state index in [1.54, 1.807) is 29.2 Å². The Bertz CT molecular complexity index is 760. The zero-order valence-electron chi connectivity index (χ0n) is 14.3. The minimum atomic E-state index is -0.534. The first-order chi connectivity index (χ1) is 12.6. The molecule has 0 radical (unpaired) electrons. The van der Waals surface area contributed by atoms with Crippen LogP contribution >= 0.6 is 0 Å². The van der Waals surface area contributed by atoms with Crippen LogP contribution in [-0.2, 0) is 14.3 Å². The van der Waals surface area contributed by atoms with E-state index in [0.717, 1.165) is 0 Å². The fraction of sp³-hybridized carbons (Fsp3) is 0.316. The molecule has 2 atom stereocenters. The molecule has 0 spiro atoms. The number of rotatable bonds is 6. The minimum Gasteiger partial charge on any atom is -0.458 e. The molecule has 2 saturated heterocycles. The quantitative estimate of drug-likeness (QED) is 0.577. The van der Waals surface area contributed by atoms with Gasteiger partial charge in [-0.2, -0.15) is 0 Å². The number of anilines is 1. The Kier molecular flexibility index (Phi) is 5.06. The highest BCUT2D eigenvalue weighted by atomic mass is 16.6. The van der Waals surface area contributed by atoms with E-state index < -0.39 is 18.1 Å². The Morgan fingerprint density at radius 2 is 1.92 bits per heavy atom. The van der Waals surface area contributed by atoms with Crippen molar-refractivity contribution in [3.8, 4) is 0 Å². The largest absolute Gasteiger partial charge is 0.458 e. The summed E-state index contributed by atoms with van der Waals surface area (Å²) in [5.41, 5.74) is 0.983. The normalized spacial score (nSPS) is 20.8. The molecule has 2 heterocycles. The molecule has 2 aliphatic heterocycles. The highest BCUT2D eigenvalue weighted by molar-refractivity contribution is 6.04. The maximum absolute atomic E-state index is 12.7. The number of carbonyl (C=O) groups is 3. The van der Waals surface area contributed by atoms with Crippen molar-refractivity contribution >= 4 is 23.7 Å². The Balaban J connectivity index is 1.74. The molecule has 2 fully saturated rings. The average Bonchev–Trinajstić information content (AvgIpc) is 3.22. The van der Waals surface area contributed by atoms with Crippen LogP contribution in [0.3, 0.4) is 0 Å². The molecule has 7 heteroatoms. The van der Waals surface area contributed by atoms with Gasteiger partial charge in [0.1, 0.15) is 19.3 Å². The molecule has 2 amide bonds. The Labute approximate surface area is 151 Å². The number of fused-ring (bicyclic) bond motifs is 2. The molecule has 0 unspecified atom stereocenters. The molecule has 7 nitrogen and oxygen atoms in total. The highest BCUT2D eigenvalue weighted by Crippen LogP contribution is 2.36. The van der Waals surface area contributed by atoms with Gasteiger partial charge in [0.15, 0.2) is 0 Å². The van der Waals surface area contributed by atoms with E-state index >= 15 is 0 Å². The molecule has 1 aromatic carbocycles. The molecule has 136 valence electrons. The van der Waals surface area contributed by atoms with Gasteiger partial charge < -0.3 is 14.4 Å². The number of nitrogens with zero attached hydrogens (tertiary/aromatic N) is 2. The molecule has 2 bridgehead atoms. The molecular formula is C19H20N2O5. The third kappa shape index (κ3) is 3.20. The third-order valence-corrected chi connectivity index (χ3v) is 4.42. The van der Waals surface area contributed by atoms with Gasteiger partial charge in [-0.05, 0) is 24.6 Å². The number of esters is 1. The van der Waals surface area contributed by atoms with E-state index in [2.05, 4.69) is 13.2 Å². The van der Waals surface area contributed by atoms with E-state index in [-0.39, 0.29) is 25.2 Å². The van der Waals surface area contributed by atoms with E-state index in [1.807, 2.05) is 0 Å². The summed E-state index contributed by atoms with van der Waals surface area (Å²) >= 11 is 0. The van der Waals surface area contributed by atoms with Gasteiger partial charge in [-0.1, -0.05) is 31.4 Å². The maximum Gasteiger partial charge on any atom is 0.410 e. The first-order valence-corrected chi connectivity index (χ1v) is 8.32. The fourth-order valence-corrected chi connectivity index (χ4v) is 3.33. The summed E-state index contributed by atoms with van der Waals surface area (Å²) in [6.45, 7) is 7.64. The van der Waals surface area contributed by atoms with Crippen molar-refractivity contribution < 1.29 is 23.9 Å². The van der Waals surface area contributed by atoms with Crippen LogP contribution in [0.1, 0.15) is 16.8 Å². The van der Waals surface area contributed by atoms with E-state index in [9.17, 15) is 14.4 Å². The molecule has 0 aromatic heterocycles. The van der Waals surface area contributed by atoms with Crippen LogP contribution in [0, 0.1) is 0 Å². The molecule has 2 aliphatic rings. The standard InChI is InChI=1S/C19H20N2O5/c1-3-8-25-18(23)13-6-5-7-14(10-13)21-15-11-16(17(21)22)20(12-15)19(24)26-9-4-2/h3-7,10,15-16H,1-2,8-9,11-12H2/t15-,16-/m0/s1. The number of ether oxygens (including phenoxy) is 2. The monoisotopic (exact) mass is 356 g/mol. The van der Waals surface area contributed by atoms with Gasteiger partial charge in [-0.25, -0.2) is 9.59 Å². The number of piperazine rings is 1. The summed E-state index contributed by atoms with van der Waals surface area (Å²) in [4.78, 5) is 39.9. The summed E-state index contributed by atoms with van der Waals surface area (Å²) < 4.78 is 10.1. The molecule has 26 heavy (non-hydrogen) atoms. The predicted molar refractivity (Wildman–Crippen MR) is 94.9 cm³/mol. The van der Waals surface area contributed by atoms with Gasteiger partial charge >= 0.3 is 12.1 Å². The lowest BCUT2D eigenvalue weighted by molar-refractivity contribution is -0.122. The summed E-state index contributed by atoms with van der Waals surface area (Å²) in [5, 5.41) is 0. The van der Waals surface area contributed by atoms with Gasteiger partial charge in [-0.15, -0.1) is 0 Å². The number of carbonyl (C=O) groups excluding carboxylic acids is 3. The SMILES string of the molecule is C=CCOC(=O)c1cccc(N2C(=O)[C@@H]3C[C@H]2CN3C(=O)OCC=C)c1. The molecule has 0 aliphatic carbocycles. The Hall–Kier alpha value is -3.09. The summed E-state index contributed by atoms with van der Waals surface area (Å²) in [6.07, 6.45) is 3.02. The van der Waals surface area contributed by atoms with Gasteiger partial charge in [0.2, 0.25) is 5.91 Å². The fourth-order valence-electron chi connectivity index (χ4n) is 3.33. The summed E-state index contributed by atoms with van der Waals surface area (Å²) in [6, 6.07) is 6.06. The van der Waals surface area contributed by atoms with Crippen molar-refractivity contribution in [1.29, 1.82) is 0 Å². The zero-order chi connectivity index (χ0) is 18.7. The van der Waals surface area contributed by atoms with Crippen molar-refractivity contribution in [2.24, 2.45) is 0 Å². The summed E-state index contributed by atoms with van der Waals surface area (Å²) in [5.74, 6) is -0.647. The van der Waals surface area contributed by atoms with Crippen LogP contribution in [0.2, 0.25) is 0 Å². The molecular weight excluding hydrogens is 336 g/mol. The van der Waals surface area contributed by atoms with Gasteiger partial charge in [0.05, 0.1) is 11.6 Å². The second-order valence-corrected chi connectivity index (χ2v) is 6.07. The van der Waals surface area contributed by atoms with Crippen LogP contribution < -0.4 is 4.90 Å². The lowest BCUT2D eigenvalue weighted by Crippen LogP contribution is -2.52. The Morgan fingerprint density at radius 3 is 2.62 bits per heavy atom. The molecule has 0 N–H and O–H groups in total. The first kappa shape index (κ1) is 17.7. The van der Waals surface area contributed by atoms with Crippen LogP contribution in [0.4, 0.5) is 10.5 Å². The second kappa shape index (κ2) is 7.43. The molecule has 0 saturated carbocycles. The second-order valence-electron chi connectivity index (χ2n) is 6.07. The third-order valence-electron chi connectivity index (χ3n) is 4.42. The smallest absolute Gasteiger partial charge is 0.410 e. The number of hydrogen-bond donors (Lipinski definition) is 0. The molecule has 1 aromatic rings. The minimum absolute atomic E-state index is 0.111. The topological polar surface area (TPSA) is 76.2 Å². The maximum atomic E-state index is 12.7. The van der Waals surface area contributed by atoms with E-state index in [1.165, 1.54) is 17.1 Å². The first-order valence-electron chi connectivity index (χ1n) is 8.32. The predicted octanol–water partition coefficient (Wildman–Crippen LogP) is 2.14. The van der Waals surface area contributed by atoms with Crippen molar-refractivity contribution in [2.45, 2.75) is 18.5 Å². The number of hydrogen-bond acceptors (Lipinski definition) is 5. The van der Waals surface area contributed by atoms with Crippen LogP contribution in [-0.4, -0.2) is 54.7 Å². The zero-order valence-corrected chi connectivity index (χ0v) is 14.3. The highest BCUT2D eigenvalue weighted by Gasteiger charge is 2.52. The molecule has 3 rings (SSSR count). The van der Waals surface area contributed by atoms with Crippen molar-refractivity contribution in [3.05, 3.63) is 55.1 Å². The number of likely N-dealkylation sites (tertiary alicyclic amines) is 1. The van der Waals surface area contributed by atoms with Crippen LogP contribution in [0.15, 0.2) is 49.6 Å². The van der Waals surface area contributed by atoms with Gasteiger partial charge in [0.25, 0.3) is 0 Å². The van der Waals surface area contributed by atoms with Crippen molar-refractivity contribution in [1.82, 2.24) is 4.90 Å². The average molecular weight is 356 g/mol. The van der Waals surface area contributed by atoms with Crippen LogP contribution in [0.25, 0.3) is 0 Å². The van der Waals surface area contributed by atoms with Crippen LogP contribution in [0.5, 0.6) is 0 Å². The number of amides is 2. The van der Waals surface area contributed by atoms with Gasteiger partial charge in [-0.3, -0.25) is 9.69 Å². The van der Waals surface area contributed by atoms with Gasteiger partial charge in [0, 0.05) is 12.2 Å². The van der Waals surface area contributed by atoms with E-state index in [0.29, 0.717) is 24.2 Å². The van der Waals surface area contributed by atoms with Crippen molar-refractivity contribution in [3.63, 3.8) is 0 Å². The lowest BCUT2D eigenvalue weighted by Gasteiger charge is -2.33. The number of benzene rings is 1. The Morgan fingerprint density at radius 1 is 1.19 bits per heavy atom. The lowest BCUT2D eigenvalue weighted by atomic mass is 10.1. The van der Waals surface area contributed by atoms with E-state index in [4.69, 9.17) is 9.47 Å².